The van der Waals surface area contributed by atoms with E-state index in [1.54, 1.807) is 35.9 Å². The van der Waals surface area contributed by atoms with E-state index < -0.39 is 5.82 Å². The average molecular weight is 393 g/mol. The Kier molecular flexibility index (Phi) is 4.86. The topological polar surface area (TPSA) is 91.5 Å². The minimum atomic E-state index is -0.414. The van der Waals surface area contributed by atoms with Crippen molar-refractivity contribution in [3.63, 3.8) is 0 Å². The zero-order valence-electron chi connectivity index (χ0n) is 15.7. The molecular formula is C20H16FN5O3. The van der Waals surface area contributed by atoms with Crippen LogP contribution in [0.4, 0.5) is 4.39 Å². The lowest BCUT2D eigenvalue weighted by Crippen LogP contribution is -2.09. The van der Waals surface area contributed by atoms with Crippen LogP contribution in [0, 0.1) is 12.7 Å². The highest BCUT2D eigenvalue weighted by atomic mass is 19.1. The van der Waals surface area contributed by atoms with Crippen LogP contribution in [-0.4, -0.2) is 37.5 Å². The lowest BCUT2D eigenvalue weighted by Gasteiger charge is -2.10. The molecule has 0 radical (unpaired) electrons. The monoisotopic (exact) mass is 393 g/mol. The van der Waals surface area contributed by atoms with Crippen molar-refractivity contribution in [2.45, 2.75) is 13.3 Å². The van der Waals surface area contributed by atoms with Crippen molar-refractivity contribution in [1.82, 2.24) is 24.6 Å². The Bertz CT molecular complexity index is 1210. The van der Waals surface area contributed by atoms with Crippen LogP contribution < -0.4 is 9.47 Å². The summed E-state index contributed by atoms with van der Waals surface area (Å²) in [5.74, 6) is 0.742. The molecule has 4 rings (SSSR count). The van der Waals surface area contributed by atoms with Gasteiger partial charge in [-0.3, -0.25) is 19.2 Å². The van der Waals surface area contributed by atoms with Gasteiger partial charge < -0.3 is 9.47 Å². The van der Waals surface area contributed by atoms with Crippen LogP contribution in [-0.2, 0) is 6.42 Å². The van der Waals surface area contributed by atoms with Crippen LogP contribution in [0.2, 0.25) is 0 Å². The summed E-state index contributed by atoms with van der Waals surface area (Å²) in [5, 5.41) is 7.87. The Labute approximate surface area is 165 Å². The van der Waals surface area contributed by atoms with Crippen LogP contribution in [0.1, 0.15) is 21.7 Å². The number of halogens is 1. The molecule has 4 heterocycles. The molecule has 0 saturated heterocycles. The van der Waals surface area contributed by atoms with E-state index in [9.17, 15) is 9.18 Å². The maximum absolute atomic E-state index is 13.4. The zero-order valence-corrected chi connectivity index (χ0v) is 15.7. The highest BCUT2D eigenvalue weighted by Crippen LogP contribution is 2.26. The van der Waals surface area contributed by atoms with Crippen LogP contribution >= 0.6 is 0 Å². The number of ether oxygens (including phenoxy) is 2. The van der Waals surface area contributed by atoms with E-state index >= 15 is 0 Å². The van der Waals surface area contributed by atoms with Gasteiger partial charge in [-0.1, -0.05) is 0 Å². The van der Waals surface area contributed by atoms with Gasteiger partial charge in [0.05, 0.1) is 43.4 Å². The number of nitrogens with zero attached hydrogens (tertiary/aromatic N) is 5. The van der Waals surface area contributed by atoms with E-state index in [0.717, 1.165) is 0 Å². The lowest BCUT2D eigenvalue weighted by atomic mass is 10.1. The highest BCUT2D eigenvalue weighted by molar-refractivity contribution is 6.02. The first-order valence-corrected chi connectivity index (χ1v) is 8.69. The number of hydrogen-bond acceptors (Lipinski definition) is 7. The van der Waals surface area contributed by atoms with Crippen molar-refractivity contribution in [2.75, 3.05) is 7.11 Å². The summed E-state index contributed by atoms with van der Waals surface area (Å²) in [7, 11) is 1.53. The quantitative estimate of drug-likeness (QED) is 0.465. The first-order valence-electron chi connectivity index (χ1n) is 8.69. The zero-order chi connectivity index (χ0) is 20.4. The number of methoxy groups -OCH3 is 1. The van der Waals surface area contributed by atoms with Crippen molar-refractivity contribution >= 4 is 11.4 Å². The number of aromatic nitrogens is 5. The molecule has 0 atom stereocenters. The van der Waals surface area contributed by atoms with Gasteiger partial charge in [-0.15, -0.1) is 10.2 Å². The first-order chi connectivity index (χ1) is 14.0. The molecule has 0 amide bonds. The van der Waals surface area contributed by atoms with Crippen molar-refractivity contribution in [3.8, 4) is 17.2 Å². The summed E-state index contributed by atoms with van der Waals surface area (Å²) in [6, 6.07) is 6.05. The molecule has 29 heavy (non-hydrogen) atoms. The number of hydrogen-bond donors (Lipinski definition) is 0. The molecule has 0 spiro atoms. The molecule has 4 aromatic heterocycles. The number of ketones is 1. The number of pyridine rings is 3. The summed E-state index contributed by atoms with van der Waals surface area (Å²) >= 11 is 0. The Hall–Kier alpha value is -3.88. The first kappa shape index (κ1) is 18.5. The fourth-order valence-corrected chi connectivity index (χ4v) is 2.83. The molecule has 0 saturated carbocycles. The van der Waals surface area contributed by atoms with Crippen molar-refractivity contribution in [1.29, 1.82) is 0 Å². The van der Waals surface area contributed by atoms with E-state index in [-0.39, 0.29) is 17.9 Å². The van der Waals surface area contributed by atoms with Gasteiger partial charge in [0.25, 0.3) is 0 Å². The Balaban J connectivity index is 1.66. The van der Waals surface area contributed by atoms with Crippen LogP contribution in [0.15, 0.2) is 49.2 Å². The standard InChI is InChI=1S/C20H16FN5O3/c1-12-18(21)4-3-13(24-12)5-19(27)17-7-16(10-26-11-23-25-20(17)26)29-15-6-14(28-2)8-22-9-15/h3-4,6-11H,5H2,1-2H3. The third kappa shape index (κ3) is 3.88. The molecule has 4 aromatic rings. The molecule has 0 unspecified atom stereocenters. The number of Topliss-reactive ketones (excluding diaryl/α,β-unsaturated/α-hetero) is 1. The lowest BCUT2D eigenvalue weighted by molar-refractivity contribution is 0.0992. The van der Waals surface area contributed by atoms with Gasteiger partial charge in [0, 0.05) is 11.8 Å². The second-order valence-corrected chi connectivity index (χ2v) is 6.28. The largest absolute Gasteiger partial charge is 0.495 e. The highest BCUT2D eigenvalue weighted by Gasteiger charge is 2.17. The molecule has 146 valence electrons. The van der Waals surface area contributed by atoms with Gasteiger partial charge in [0.1, 0.15) is 29.4 Å². The third-order valence-corrected chi connectivity index (χ3v) is 4.25. The molecule has 0 aliphatic rings. The van der Waals surface area contributed by atoms with Crippen LogP contribution in [0.25, 0.3) is 5.65 Å². The van der Waals surface area contributed by atoms with E-state index in [1.165, 1.54) is 31.8 Å². The maximum Gasteiger partial charge on any atom is 0.172 e. The Morgan fingerprint density at radius 1 is 1.17 bits per heavy atom. The minimum absolute atomic E-state index is 0.00614. The van der Waals surface area contributed by atoms with E-state index in [1.807, 2.05) is 0 Å². The average Bonchev–Trinajstić information content (AvgIpc) is 3.19. The van der Waals surface area contributed by atoms with Gasteiger partial charge in [0.15, 0.2) is 11.4 Å². The predicted molar refractivity (Wildman–Crippen MR) is 101 cm³/mol. The fourth-order valence-electron chi connectivity index (χ4n) is 2.83. The van der Waals surface area contributed by atoms with Gasteiger partial charge in [-0.05, 0) is 25.1 Å². The molecular weight excluding hydrogens is 377 g/mol. The summed E-state index contributed by atoms with van der Waals surface area (Å²) < 4.78 is 26.0. The van der Waals surface area contributed by atoms with E-state index in [0.29, 0.717) is 34.2 Å². The number of aryl methyl sites for hydroxylation is 1. The SMILES string of the molecule is COc1cncc(Oc2cc(C(=O)Cc3ccc(F)c(C)n3)c3nncn3c2)c1. The van der Waals surface area contributed by atoms with Crippen molar-refractivity contribution in [2.24, 2.45) is 0 Å². The summed E-state index contributed by atoms with van der Waals surface area (Å²) in [6.07, 6.45) is 6.22. The predicted octanol–water partition coefficient (Wildman–Crippen LogP) is 3.19. The molecule has 9 heteroatoms. The molecule has 0 fully saturated rings. The molecule has 0 aliphatic heterocycles. The van der Waals surface area contributed by atoms with E-state index in [2.05, 4.69) is 20.2 Å². The minimum Gasteiger partial charge on any atom is -0.495 e. The summed E-state index contributed by atoms with van der Waals surface area (Å²) in [5.41, 5.74) is 1.42. The molecule has 0 aromatic carbocycles. The second kappa shape index (κ2) is 7.63. The summed E-state index contributed by atoms with van der Waals surface area (Å²) in [6.45, 7) is 1.55. The van der Waals surface area contributed by atoms with Gasteiger partial charge >= 0.3 is 0 Å². The third-order valence-electron chi connectivity index (χ3n) is 4.25. The second-order valence-electron chi connectivity index (χ2n) is 6.28. The molecule has 0 bridgehead atoms. The number of rotatable bonds is 6. The van der Waals surface area contributed by atoms with Crippen LogP contribution in [0.3, 0.4) is 0 Å². The van der Waals surface area contributed by atoms with Crippen molar-refractivity contribution < 1.29 is 18.7 Å². The van der Waals surface area contributed by atoms with Gasteiger partial charge in [0.2, 0.25) is 0 Å². The Morgan fingerprint density at radius 3 is 2.79 bits per heavy atom. The fraction of sp³-hybridized carbons (Fsp3) is 0.150. The molecule has 0 aliphatic carbocycles. The smallest absolute Gasteiger partial charge is 0.172 e. The number of carbonyl (C=O) groups excluding carboxylic acids is 1. The molecule has 0 N–H and O–H groups in total. The Morgan fingerprint density at radius 2 is 2.00 bits per heavy atom. The summed E-state index contributed by atoms with van der Waals surface area (Å²) in [4.78, 5) is 21.1. The van der Waals surface area contributed by atoms with Gasteiger partial charge in [-0.25, -0.2) is 4.39 Å². The van der Waals surface area contributed by atoms with Gasteiger partial charge in [-0.2, -0.15) is 0 Å². The number of fused-ring (bicyclic) bond motifs is 1. The molecule has 8 nitrogen and oxygen atoms in total. The number of carbonyl (C=O) groups is 1. The van der Waals surface area contributed by atoms with Crippen molar-refractivity contribution in [3.05, 3.63) is 72.0 Å². The normalized spacial score (nSPS) is 10.9. The van der Waals surface area contributed by atoms with Crippen LogP contribution in [0.5, 0.6) is 17.2 Å². The maximum atomic E-state index is 13.4. The van der Waals surface area contributed by atoms with E-state index in [4.69, 9.17) is 9.47 Å².